The lowest BCUT2D eigenvalue weighted by Gasteiger charge is -2.08. The summed E-state index contributed by atoms with van der Waals surface area (Å²) in [5.41, 5.74) is 1.55. The maximum Gasteiger partial charge on any atom is 0.230 e. The molecular formula is C13H12N4O2. The number of hydrogen-bond acceptors (Lipinski definition) is 6. The smallest absolute Gasteiger partial charge is 0.230 e. The largest absolute Gasteiger partial charge is 0.508 e. The van der Waals surface area contributed by atoms with Crippen molar-refractivity contribution >= 4 is 17.0 Å². The molecule has 0 atom stereocenters. The second kappa shape index (κ2) is 4.24. The second-order valence-corrected chi connectivity index (χ2v) is 4.00. The standard InChI is InChI=1S/C13H12N4O2/c1-17(2)13-14-6-8(7-15-13)12-16-10-4-3-9(18)5-11(10)19-12/h3-7,18H,1-2H3/i1T3. The monoisotopic (exact) mass is 262 g/mol. The Balaban J connectivity index is 1.94. The molecule has 6 heteroatoms. The molecule has 0 bridgehead atoms. The van der Waals surface area contributed by atoms with Gasteiger partial charge in [-0.1, -0.05) is 0 Å². The van der Waals surface area contributed by atoms with Gasteiger partial charge < -0.3 is 14.4 Å². The summed E-state index contributed by atoms with van der Waals surface area (Å²) in [6.45, 7) is -2.31. The molecule has 1 aromatic carbocycles. The van der Waals surface area contributed by atoms with E-state index >= 15 is 0 Å². The van der Waals surface area contributed by atoms with Gasteiger partial charge in [-0.05, 0) is 12.1 Å². The highest BCUT2D eigenvalue weighted by atomic mass is 16.3. The first-order valence-electron chi connectivity index (χ1n) is 7.00. The van der Waals surface area contributed by atoms with E-state index in [-0.39, 0.29) is 11.7 Å². The van der Waals surface area contributed by atoms with Gasteiger partial charge in [-0.25, -0.2) is 15.0 Å². The van der Waals surface area contributed by atoms with E-state index in [2.05, 4.69) is 15.0 Å². The Bertz CT molecular complexity index is 814. The van der Waals surface area contributed by atoms with Crippen LogP contribution in [-0.2, 0) is 0 Å². The Morgan fingerprint density at radius 1 is 1.32 bits per heavy atom. The molecule has 0 amide bonds. The Morgan fingerprint density at radius 3 is 2.84 bits per heavy atom. The van der Waals surface area contributed by atoms with Crippen LogP contribution in [0, 0.1) is 0 Å². The maximum atomic E-state index is 9.41. The fourth-order valence-corrected chi connectivity index (χ4v) is 1.64. The predicted octanol–water partition coefficient (Wildman–Crippen LogP) is 2.06. The molecule has 0 radical (unpaired) electrons. The predicted molar refractivity (Wildman–Crippen MR) is 71.0 cm³/mol. The summed E-state index contributed by atoms with van der Waals surface area (Å²) in [6, 6.07) is 4.61. The van der Waals surface area contributed by atoms with Crippen LogP contribution in [0.1, 0.15) is 4.11 Å². The van der Waals surface area contributed by atoms with Crippen LogP contribution in [0.25, 0.3) is 22.6 Å². The van der Waals surface area contributed by atoms with Gasteiger partial charge in [0.05, 0.1) is 5.56 Å². The summed E-state index contributed by atoms with van der Waals surface area (Å²) >= 11 is 0. The first-order valence-corrected chi connectivity index (χ1v) is 5.50. The molecule has 0 saturated heterocycles. The Morgan fingerprint density at radius 2 is 2.11 bits per heavy atom. The first kappa shape index (κ1) is 8.47. The van der Waals surface area contributed by atoms with Crippen molar-refractivity contribution < 1.29 is 13.6 Å². The number of nitrogens with zero attached hydrogens (tertiary/aromatic N) is 4. The molecule has 6 nitrogen and oxygen atoms in total. The quantitative estimate of drug-likeness (QED) is 0.761. The van der Waals surface area contributed by atoms with Gasteiger partial charge in [-0.15, -0.1) is 0 Å². The number of oxazole rings is 1. The first-order chi connectivity index (χ1) is 10.3. The number of fused-ring (bicyclic) bond motifs is 1. The number of rotatable bonds is 2. The number of aromatic hydroxyl groups is 1. The van der Waals surface area contributed by atoms with E-state index in [4.69, 9.17) is 8.53 Å². The van der Waals surface area contributed by atoms with Gasteiger partial charge in [0, 0.05) is 36.6 Å². The van der Waals surface area contributed by atoms with Crippen molar-refractivity contribution in [3.05, 3.63) is 30.6 Å². The molecule has 3 aromatic rings. The van der Waals surface area contributed by atoms with Crippen LogP contribution >= 0.6 is 0 Å². The number of phenolic OH excluding ortho intramolecular Hbond substituents is 1. The summed E-state index contributed by atoms with van der Waals surface area (Å²) < 4.78 is 27.5. The fraction of sp³-hybridized carbons (Fsp3) is 0.154. The van der Waals surface area contributed by atoms with E-state index < -0.39 is 6.98 Å². The van der Waals surface area contributed by atoms with Crippen molar-refractivity contribution in [2.24, 2.45) is 0 Å². The van der Waals surface area contributed by atoms with Crippen LogP contribution < -0.4 is 4.90 Å². The summed E-state index contributed by atoms with van der Waals surface area (Å²) in [4.78, 5) is 13.3. The normalized spacial score (nSPS) is 13.8. The summed E-state index contributed by atoms with van der Waals surface area (Å²) in [6.07, 6.45) is 2.88. The van der Waals surface area contributed by atoms with Crippen molar-refractivity contribution in [2.45, 2.75) is 0 Å². The van der Waals surface area contributed by atoms with E-state index in [0.29, 0.717) is 22.6 Å². The molecule has 19 heavy (non-hydrogen) atoms. The van der Waals surface area contributed by atoms with Gasteiger partial charge in [-0.2, -0.15) is 0 Å². The fourth-order valence-electron chi connectivity index (χ4n) is 1.64. The van der Waals surface area contributed by atoms with Crippen LogP contribution in [0.3, 0.4) is 0 Å². The van der Waals surface area contributed by atoms with Gasteiger partial charge >= 0.3 is 0 Å². The Labute approximate surface area is 113 Å². The molecule has 2 heterocycles. The van der Waals surface area contributed by atoms with Crippen LogP contribution in [0.4, 0.5) is 5.95 Å². The van der Waals surface area contributed by atoms with Gasteiger partial charge in [0.15, 0.2) is 5.58 Å². The highest BCUT2D eigenvalue weighted by molar-refractivity contribution is 5.77. The zero-order valence-corrected chi connectivity index (χ0v) is 10.0. The second-order valence-electron chi connectivity index (χ2n) is 4.00. The number of phenols is 1. The van der Waals surface area contributed by atoms with E-state index in [1.807, 2.05) is 0 Å². The highest BCUT2D eigenvalue weighted by Gasteiger charge is 2.10. The average molecular weight is 262 g/mol. The summed E-state index contributed by atoms with van der Waals surface area (Å²) in [7, 11) is 1.39. The molecule has 0 aliphatic rings. The molecule has 0 unspecified atom stereocenters. The molecule has 0 spiro atoms. The maximum absolute atomic E-state index is 9.41. The van der Waals surface area contributed by atoms with Crippen LogP contribution in [0.15, 0.2) is 35.0 Å². The highest BCUT2D eigenvalue weighted by Crippen LogP contribution is 2.26. The topological polar surface area (TPSA) is 75.3 Å². The summed E-state index contributed by atoms with van der Waals surface area (Å²) in [5.74, 6) is 0.460. The molecular weight excluding hydrogens is 244 g/mol. The van der Waals surface area contributed by atoms with Crippen LogP contribution in [0.5, 0.6) is 5.75 Å². The van der Waals surface area contributed by atoms with E-state index in [0.717, 1.165) is 4.90 Å². The van der Waals surface area contributed by atoms with E-state index in [1.54, 1.807) is 6.07 Å². The van der Waals surface area contributed by atoms with Crippen molar-refractivity contribution in [2.75, 3.05) is 18.9 Å². The van der Waals surface area contributed by atoms with Gasteiger partial charge in [0.1, 0.15) is 11.3 Å². The van der Waals surface area contributed by atoms with Gasteiger partial charge in [-0.3, -0.25) is 0 Å². The van der Waals surface area contributed by atoms with Crippen molar-refractivity contribution in [3.63, 3.8) is 0 Å². The molecule has 0 aliphatic heterocycles. The molecule has 1 N–H and O–H groups in total. The number of anilines is 1. The van der Waals surface area contributed by atoms with Crippen molar-refractivity contribution in [1.82, 2.24) is 15.0 Å². The summed E-state index contributed by atoms with van der Waals surface area (Å²) in [5, 5.41) is 9.41. The van der Waals surface area contributed by atoms with E-state index in [9.17, 15) is 5.11 Å². The lowest BCUT2D eigenvalue weighted by molar-refractivity contribution is 0.474. The average Bonchev–Trinajstić information content (AvgIpc) is 2.88. The molecule has 0 aliphatic carbocycles. The van der Waals surface area contributed by atoms with Crippen molar-refractivity contribution in [1.29, 1.82) is 0 Å². The SMILES string of the molecule is [3H]C([3H])([3H])N(C)c1ncc(-c2nc3ccc(O)cc3o2)cn1. The lowest BCUT2D eigenvalue weighted by Crippen LogP contribution is -2.12. The Hall–Kier alpha value is -2.63. The third-order valence-corrected chi connectivity index (χ3v) is 2.56. The molecule has 3 rings (SSSR count). The Kier molecular flexibility index (Phi) is 1.89. The minimum absolute atomic E-state index is 0.0810. The number of aromatic nitrogens is 3. The third-order valence-electron chi connectivity index (χ3n) is 2.56. The lowest BCUT2D eigenvalue weighted by atomic mass is 10.3. The van der Waals surface area contributed by atoms with Crippen LogP contribution in [0.2, 0.25) is 0 Å². The molecule has 0 saturated carbocycles. The third kappa shape index (κ3) is 2.08. The zero-order chi connectivity index (χ0) is 15.9. The minimum Gasteiger partial charge on any atom is -0.508 e. The van der Waals surface area contributed by atoms with Gasteiger partial charge in [0.25, 0.3) is 0 Å². The molecule has 2 aromatic heterocycles. The van der Waals surface area contributed by atoms with Crippen molar-refractivity contribution in [3.8, 4) is 17.2 Å². The number of hydrogen-bond donors (Lipinski definition) is 1. The van der Waals surface area contributed by atoms with E-state index in [1.165, 1.54) is 31.6 Å². The molecule has 0 fully saturated rings. The number of benzene rings is 1. The zero-order valence-electron chi connectivity index (χ0n) is 13.0. The molecule has 96 valence electrons. The van der Waals surface area contributed by atoms with Gasteiger partial charge in [0.2, 0.25) is 11.8 Å². The minimum atomic E-state index is -2.31. The van der Waals surface area contributed by atoms with Crippen LogP contribution in [-0.4, -0.2) is 34.1 Å².